The third-order valence-corrected chi connectivity index (χ3v) is 3.10. The minimum absolute atomic E-state index is 0.382. The van der Waals surface area contributed by atoms with Gasteiger partial charge in [-0.25, -0.2) is 0 Å². The lowest BCUT2D eigenvalue weighted by Gasteiger charge is -2.37. The molecule has 1 aliphatic carbocycles. The van der Waals surface area contributed by atoms with E-state index in [0.29, 0.717) is 11.5 Å². The maximum absolute atomic E-state index is 5.90. The van der Waals surface area contributed by atoms with Gasteiger partial charge in [-0.1, -0.05) is 26.2 Å². The van der Waals surface area contributed by atoms with E-state index in [1.54, 1.807) is 0 Å². The van der Waals surface area contributed by atoms with E-state index in [-0.39, 0.29) is 0 Å². The summed E-state index contributed by atoms with van der Waals surface area (Å²) >= 11 is 0. The van der Waals surface area contributed by atoms with Crippen LogP contribution >= 0.6 is 0 Å². The molecule has 1 rings (SSSR count). The van der Waals surface area contributed by atoms with Crippen LogP contribution in [0.5, 0.6) is 0 Å². The van der Waals surface area contributed by atoms with Gasteiger partial charge in [0.25, 0.3) is 0 Å². The summed E-state index contributed by atoms with van der Waals surface area (Å²) in [6.07, 6.45) is 6.87. The van der Waals surface area contributed by atoms with E-state index in [1.807, 2.05) is 0 Å². The molecule has 0 aromatic heterocycles. The van der Waals surface area contributed by atoms with Crippen molar-refractivity contribution in [2.75, 3.05) is 0 Å². The van der Waals surface area contributed by atoms with Gasteiger partial charge in [-0.05, 0) is 25.2 Å². The highest BCUT2D eigenvalue weighted by Crippen LogP contribution is 2.37. The molecule has 0 aromatic rings. The van der Waals surface area contributed by atoms with E-state index in [9.17, 15) is 0 Å². The summed E-state index contributed by atoms with van der Waals surface area (Å²) in [4.78, 5) is 0. The zero-order valence-corrected chi connectivity index (χ0v) is 7.19. The molecule has 0 unspecified atom stereocenters. The molecule has 0 heterocycles. The van der Waals surface area contributed by atoms with Gasteiger partial charge in [0.15, 0.2) is 0 Å². The van der Waals surface area contributed by atoms with Crippen LogP contribution in [0.1, 0.15) is 46.0 Å². The fourth-order valence-electron chi connectivity index (χ4n) is 1.81. The Labute approximate surface area is 64.0 Å². The van der Waals surface area contributed by atoms with Crippen LogP contribution in [-0.4, -0.2) is 6.04 Å². The highest BCUT2D eigenvalue weighted by Gasteiger charge is 2.29. The normalized spacial score (nSPS) is 27.9. The van der Waals surface area contributed by atoms with E-state index in [0.717, 1.165) is 0 Å². The molecule has 1 saturated carbocycles. The molecule has 1 fully saturated rings. The minimum atomic E-state index is 0.382. The van der Waals surface area contributed by atoms with Crippen LogP contribution in [0.2, 0.25) is 0 Å². The van der Waals surface area contributed by atoms with Gasteiger partial charge in [-0.2, -0.15) is 0 Å². The molecule has 0 aliphatic heterocycles. The van der Waals surface area contributed by atoms with Crippen molar-refractivity contribution in [3.63, 3.8) is 0 Å². The molecule has 0 bridgehead atoms. The van der Waals surface area contributed by atoms with E-state index in [4.69, 9.17) is 5.73 Å². The topological polar surface area (TPSA) is 26.0 Å². The second kappa shape index (κ2) is 2.91. The molecule has 0 saturated heterocycles. The fraction of sp³-hybridized carbons (Fsp3) is 1.00. The molecule has 0 amide bonds. The summed E-state index contributed by atoms with van der Waals surface area (Å²) in [6.45, 7) is 4.47. The Morgan fingerprint density at radius 3 is 2.00 bits per heavy atom. The highest BCUT2D eigenvalue weighted by molar-refractivity contribution is 4.84. The maximum Gasteiger partial charge on any atom is 0.00643 e. The van der Waals surface area contributed by atoms with Gasteiger partial charge in [0.05, 0.1) is 0 Å². The van der Waals surface area contributed by atoms with Crippen molar-refractivity contribution < 1.29 is 0 Å². The van der Waals surface area contributed by atoms with E-state index >= 15 is 0 Å². The van der Waals surface area contributed by atoms with Crippen molar-refractivity contribution >= 4 is 0 Å². The lowest BCUT2D eigenvalue weighted by molar-refractivity contribution is 0.179. The Bertz CT molecular complexity index is 101. The quantitative estimate of drug-likeness (QED) is 0.595. The van der Waals surface area contributed by atoms with Crippen LogP contribution < -0.4 is 5.73 Å². The SMILES string of the molecule is C[C@@H](N)C1(C)CCCCC1. The average Bonchev–Trinajstić information content (AvgIpc) is 1.89. The Balaban J connectivity index is 2.48. The van der Waals surface area contributed by atoms with Gasteiger partial charge in [0.1, 0.15) is 0 Å². The molecule has 1 heteroatoms. The fourth-order valence-corrected chi connectivity index (χ4v) is 1.81. The molecule has 1 atom stereocenters. The monoisotopic (exact) mass is 141 g/mol. The molecule has 60 valence electrons. The first kappa shape index (κ1) is 8.06. The summed E-state index contributed by atoms with van der Waals surface area (Å²) in [5, 5.41) is 0. The molecular formula is C9H19N. The van der Waals surface area contributed by atoms with Crippen LogP contribution in [0.15, 0.2) is 0 Å². The number of hydrogen-bond acceptors (Lipinski definition) is 1. The molecule has 2 N–H and O–H groups in total. The predicted molar refractivity (Wildman–Crippen MR) is 44.8 cm³/mol. The van der Waals surface area contributed by atoms with Crippen molar-refractivity contribution in [2.45, 2.75) is 52.0 Å². The molecule has 10 heavy (non-hydrogen) atoms. The second-order valence-electron chi connectivity index (χ2n) is 4.00. The number of nitrogens with two attached hydrogens (primary N) is 1. The van der Waals surface area contributed by atoms with Gasteiger partial charge in [-0.3, -0.25) is 0 Å². The van der Waals surface area contributed by atoms with Crippen molar-refractivity contribution in [1.82, 2.24) is 0 Å². The third-order valence-electron chi connectivity index (χ3n) is 3.10. The third kappa shape index (κ3) is 1.51. The van der Waals surface area contributed by atoms with Crippen molar-refractivity contribution in [3.05, 3.63) is 0 Å². The van der Waals surface area contributed by atoms with Crippen LogP contribution in [0.4, 0.5) is 0 Å². The van der Waals surface area contributed by atoms with Crippen LogP contribution in [0.25, 0.3) is 0 Å². The first-order valence-corrected chi connectivity index (χ1v) is 4.41. The maximum atomic E-state index is 5.90. The summed E-state index contributed by atoms with van der Waals surface area (Å²) in [7, 11) is 0. The molecule has 0 spiro atoms. The van der Waals surface area contributed by atoms with Gasteiger partial charge >= 0.3 is 0 Å². The van der Waals surface area contributed by atoms with Crippen molar-refractivity contribution in [3.8, 4) is 0 Å². The average molecular weight is 141 g/mol. The minimum Gasteiger partial charge on any atom is -0.327 e. The number of hydrogen-bond donors (Lipinski definition) is 1. The molecule has 0 aromatic carbocycles. The molecule has 0 radical (unpaired) electrons. The zero-order chi connectivity index (χ0) is 7.61. The summed E-state index contributed by atoms with van der Waals surface area (Å²) in [5.74, 6) is 0. The Kier molecular flexibility index (Phi) is 2.35. The van der Waals surface area contributed by atoms with E-state index < -0.39 is 0 Å². The van der Waals surface area contributed by atoms with Gasteiger partial charge in [0, 0.05) is 6.04 Å². The second-order valence-corrected chi connectivity index (χ2v) is 4.00. The first-order valence-electron chi connectivity index (χ1n) is 4.41. The molecule has 1 aliphatic rings. The Morgan fingerprint density at radius 1 is 1.20 bits per heavy atom. The largest absolute Gasteiger partial charge is 0.327 e. The summed E-state index contributed by atoms with van der Waals surface area (Å²) in [5.41, 5.74) is 6.36. The highest BCUT2D eigenvalue weighted by atomic mass is 14.7. The van der Waals surface area contributed by atoms with Crippen LogP contribution in [-0.2, 0) is 0 Å². The van der Waals surface area contributed by atoms with E-state index in [2.05, 4.69) is 13.8 Å². The van der Waals surface area contributed by atoms with Crippen LogP contribution in [0.3, 0.4) is 0 Å². The predicted octanol–water partition coefficient (Wildman–Crippen LogP) is 2.30. The molecule has 1 nitrogen and oxygen atoms in total. The van der Waals surface area contributed by atoms with Crippen molar-refractivity contribution in [1.29, 1.82) is 0 Å². The summed E-state index contributed by atoms with van der Waals surface area (Å²) < 4.78 is 0. The van der Waals surface area contributed by atoms with Gasteiger partial charge < -0.3 is 5.73 Å². The smallest absolute Gasteiger partial charge is 0.00643 e. The lowest BCUT2D eigenvalue weighted by atomic mass is 9.71. The Hall–Kier alpha value is -0.0400. The zero-order valence-electron chi connectivity index (χ0n) is 7.19. The van der Waals surface area contributed by atoms with E-state index in [1.165, 1.54) is 32.1 Å². The first-order chi connectivity index (χ1) is 4.65. The standard InChI is InChI=1S/C9H19N/c1-8(10)9(2)6-4-3-5-7-9/h8H,3-7,10H2,1-2H3/t8-/m1/s1. The molecular weight excluding hydrogens is 122 g/mol. The van der Waals surface area contributed by atoms with Crippen molar-refractivity contribution in [2.24, 2.45) is 11.1 Å². The lowest BCUT2D eigenvalue weighted by Crippen LogP contribution is -2.38. The van der Waals surface area contributed by atoms with Gasteiger partial charge in [0.2, 0.25) is 0 Å². The van der Waals surface area contributed by atoms with Gasteiger partial charge in [-0.15, -0.1) is 0 Å². The summed E-state index contributed by atoms with van der Waals surface area (Å²) in [6, 6.07) is 0.382. The Morgan fingerprint density at radius 2 is 1.70 bits per heavy atom. The number of rotatable bonds is 1. The van der Waals surface area contributed by atoms with Crippen LogP contribution in [0, 0.1) is 5.41 Å².